The van der Waals surface area contributed by atoms with Crippen LogP contribution in [-0.2, 0) is 11.2 Å². The van der Waals surface area contributed by atoms with Crippen LogP contribution in [0.2, 0.25) is 0 Å². The molecular weight excluding hydrogens is 290 g/mol. The van der Waals surface area contributed by atoms with Gasteiger partial charge in [-0.3, -0.25) is 4.79 Å². The molecule has 0 aliphatic carbocycles. The summed E-state index contributed by atoms with van der Waals surface area (Å²) in [7, 11) is 1.63. The molecule has 4 heteroatoms. The molecule has 0 aromatic heterocycles. The number of hydrogen-bond acceptors (Lipinski definition) is 3. The maximum absolute atomic E-state index is 12.3. The van der Waals surface area contributed by atoms with Crippen molar-refractivity contribution in [3.63, 3.8) is 0 Å². The quantitative estimate of drug-likeness (QED) is 0.852. The Labute approximate surface area is 136 Å². The lowest BCUT2D eigenvalue weighted by molar-refractivity contribution is -0.139. The Hall–Kier alpha value is -2.49. The van der Waals surface area contributed by atoms with E-state index in [-0.39, 0.29) is 12.0 Å². The van der Waals surface area contributed by atoms with Crippen LogP contribution in [0, 0.1) is 6.92 Å². The van der Waals surface area contributed by atoms with Crippen molar-refractivity contribution in [3.05, 3.63) is 59.7 Å². The molecule has 0 unspecified atom stereocenters. The molecule has 1 aliphatic heterocycles. The van der Waals surface area contributed by atoms with Crippen LogP contribution in [0.3, 0.4) is 0 Å². The van der Waals surface area contributed by atoms with E-state index in [0.29, 0.717) is 19.5 Å². The summed E-state index contributed by atoms with van der Waals surface area (Å²) in [6.07, 6.45) is 0.487. The van der Waals surface area contributed by atoms with Gasteiger partial charge < -0.3 is 14.4 Å². The van der Waals surface area contributed by atoms with Crippen molar-refractivity contribution in [2.45, 2.75) is 19.4 Å². The standard InChI is InChI=1S/C19H21NO3/c1-14-7-3-4-8-15(14)11-19(21)20-12-16(13-20)23-18-10-6-5-9-17(18)22-2/h3-10,16H,11-13H2,1-2H3. The van der Waals surface area contributed by atoms with Crippen LogP contribution < -0.4 is 9.47 Å². The summed E-state index contributed by atoms with van der Waals surface area (Å²) >= 11 is 0. The average molecular weight is 311 g/mol. The molecule has 2 aromatic carbocycles. The summed E-state index contributed by atoms with van der Waals surface area (Å²) in [4.78, 5) is 14.2. The van der Waals surface area contributed by atoms with E-state index in [2.05, 4.69) is 0 Å². The number of carbonyl (C=O) groups is 1. The number of para-hydroxylation sites is 2. The zero-order valence-electron chi connectivity index (χ0n) is 13.5. The molecule has 1 amide bonds. The van der Waals surface area contributed by atoms with Gasteiger partial charge >= 0.3 is 0 Å². The lowest BCUT2D eigenvalue weighted by Gasteiger charge is -2.39. The monoisotopic (exact) mass is 311 g/mol. The van der Waals surface area contributed by atoms with Crippen molar-refractivity contribution in [1.29, 1.82) is 0 Å². The Balaban J connectivity index is 1.53. The topological polar surface area (TPSA) is 38.8 Å². The van der Waals surface area contributed by atoms with E-state index in [4.69, 9.17) is 9.47 Å². The van der Waals surface area contributed by atoms with E-state index >= 15 is 0 Å². The summed E-state index contributed by atoms with van der Waals surface area (Å²) in [6.45, 7) is 3.29. The van der Waals surface area contributed by atoms with Gasteiger partial charge in [0.2, 0.25) is 5.91 Å². The highest BCUT2D eigenvalue weighted by Gasteiger charge is 2.32. The molecule has 0 saturated carbocycles. The summed E-state index contributed by atoms with van der Waals surface area (Å²) in [5.74, 6) is 1.60. The van der Waals surface area contributed by atoms with Crippen molar-refractivity contribution >= 4 is 5.91 Å². The number of likely N-dealkylation sites (tertiary alicyclic amines) is 1. The van der Waals surface area contributed by atoms with Gasteiger partial charge in [-0.15, -0.1) is 0 Å². The molecule has 0 atom stereocenters. The fourth-order valence-corrected chi connectivity index (χ4v) is 2.70. The molecule has 0 N–H and O–H groups in total. The lowest BCUT2D eigenvalue weighted by Crippen LogP contribution is -2.56. The fourth-order valence-electron chi connectivity index (χ4n) is 2.70. The van der Waals surface area contributed by atoms with Gasteiger partial charge in [0, 0.05) is 0 Å². The molecule has 0 radical (unpaired) electrons. The summed E-state index contributed by atoms with van der Waals surface area (Å²) in [5.41, 5.74) is 2.25. The smallest absolute Gasteiger partial charge is 0.227 e. The van der Waals surface area contributed by atoms with Crippen LogP contribution in [0.4, 0.5) is 0 Å². The van der Waals surface area contributed by atoms with E-state index < -0.39 is 0 Å². The third-order valence-corrected chi connectivity index (χ3v) is 4.17. The van der Waals surface area contributed by atoms with Crippen molar-refractivity contribution in [2.75, 3.05) is 20.2 Å². The molecular formula is C19H21NO3. The summed E-state index contributed by atoms with van der Waals surface area (Å²) in [6, 6.07) is 15.6. The maximum atomic E-state index is 12.3. The minimum Gasteiger partial charge on any atom is -0.493 e. The molecule has 4 nitrogen and oxygen atoms in total. The van der Waals surface area contributed by atoms with Gasteiger partial charge in [0.15, 0.2) is 11.5 Å². The van der Waals surface area contributed by atoms with E-state index in [1.54, 1.807) is 7.11 Å². The second kappa shape index (κ2) is 6.73. The Bertz CT molecular complexity index is 693. The number of aryl methyl sites for hydroxylation is 1. The highest BCUT2D eigenvalue weighted by atomic mass is 16.5. The first-order valence-electron chi connectivity index (χ1n) is 7.79. The van der Waals surface area contributed by atoms with E-state index in [1.807, 2.05) is 60.4 Å². The maximum Gasteiger partial charge on any atom is 0.227 e. The first-order valence-corrected chi connectivity index (χ1v) is 7.79. The molecule has 1 aliphatic rings. The summed E-state index contributed by atoms with van der Waals surface area (Å²) < 4.78 is 11.2. The number of amides is 1. The predicted molar refractivity (Wildman–Crippen MR) is 88.9 cm³/mol. The Morgan fingerprint density at radius 1 is 1.09 bits per heavy atom. The van der Waals surface area contributed by atoms with E-state index in [0.717, 1.165) is 22.6 Å². The molecule has 120 valence electrons. The molecule has 1 heterocycles. The van der Waals surface area contributed by atoms with Crippen LogP contribution in [0.1, 0.15) is 11.1 Å². The summed E-state index contributed by atoms with van der Waals surface area (Å²) in [5, 5.41) is 0. The predicted octanol–water partition coefficient (Wildman–Crippen LogP) is 2.84. The van der Waals surface area contributed by atoms with E-state index in [9.17, 15) is 4.79 Å². The Morgan fingerprint density at radius 3 is 2.43 bits per heavy atom. The van der Waals surface area contributed by atoms with Gasteiger partial charge in [0.05, 0.1) is 26.6 Å². The van der Waals surface area contributed by atoms with E-state index in [1.165, 1.54) is 0 Å². The van der Waals surface area contributed by atoms with Crippen molar-refractivity contribution in [1.82, 2.24) is 4.90 Å². The van der Waals surface area contributed by atoms with Gasteiger partial charge in [0.25, 0.3) is 0 Å². The lowest BCUT2D eigenvalue weighted by atomic mass is 10.0. The largest absolute Gasteiger partial charge is 0.493 e. The van der Waals surface area contributed by atoms with Gasteiger partial charge in [0.1, 0.15) is 6.10 Å². The van der Waals surface area contributed by atoms with Gasteiger partial charge in [-0.25, -0.2) is 0 Å². The molecule has 23 heavy (non-hydrogen) atoms. The van der Waals surface area contributed by atoms with Gasteiger partial charge in [-0.05, 0) is 30.2 Å². The number of rotatable bonds is 5. The highest BCUT2D eigenvalue weighted by Crippen LogP contribution is 2.28. The van der Waals surface area contributed by atoms with Crippen molar-refractivity contribution in [2.24, 2.45) is 0 Å². The zero-order chi connectivity index (χ0) is 16.2. The Morgan fingerprint density at radius 2 is 1.74 bits per heavy atom. The number of benzene rings is 2. The van der Waals surface area contributed by atoms with Crippen LogP contribution in [0.15, 0.2) is 48.5 Å². The number of nitrogens with zero attached hydrogens (tertiary/aromatic N) is 1. The van der Waals surface area contributed by atoms with Crippen LogP contribution in [0.5, 0.6) is 11.5 Å². The van der Waals surface area contributed by atoms with Gasteiger partial charge in [-0.2, -0.15) is 0 Å². The van der Waals surface area contributed by atoms with Gasteiger partial charge in [-0.1, -0.05) is 36.4 Å². The highest BCUT2D eigenvalue weighted by molar-refractivity contribution is 5.80. The third-order valence-electron chi connectivity index (χ3n) is 4.17. The third kappa shape index (κ3) is 3.47. The normalized spacial score (nSPS) is 14.3. The van der Waals surface area contributed by atoms with Crippen LogP contribution >= 0.6 is 0 Å². The fraction of sp³-hybridized carbons (Fsp3) is 0.316. The number of methoxy groups -OCH3 is 1. The zero-order valence-corrected chi connectivity index (χ0v) is 13.5. The first-order chi connectivity index (χ1) is 11.2. The van der Waals surface area contributed by atoms with Crippen LogP contribution in [-0.4, -0.2) is 37.1 Å². The minimum absolute atomic E-state index is 0.0344. The first kappa shape index (κ1) is 15.4. The molecule has 1 saturated heterocycles. The second-order valence-corrected chi connectivity index (χ2v) is 5.79. The Kier molecular flexibility index (Phi) is 4.51. The minimum atomic E-state index is 0.0344. The molecule has 2 aromatic rings. The molecule has 3 rings (SSSR count). The second-order valence-electron chi connectivity index (χ2n) is 5.79. The molecule has 0 spiro atoms. The van der Waals surface area contributed by atoms with Crippen molar-refractivity contribution < 1.29 is 14.3 Å². The molecule has 1 fully saturated rings. The van der Waals surface area contributed by atoms with Crippen LogP contribution in [0.25, 0.3) is 0 Å². The number of hydrogen-bond donors (Lipinski definition) is 0. The van der Waals surface area contributed by atoms with Crippen molar-refractivity contribution in [3.8, 4) is 11.5 Å². The average Bonchev–Trinajstić information content (AvgIpc) is 2.53. The number of ether oxygens (including phenoxy) is 2. The molecule has 0 bridgehead atoms. The SMILES string of the molecule is COc1ccccc1OC1CN(C(=O)Cc2ccccc2C)C1. The number of carbonyl (C=O) groups excluding carboxylic acids is 1.